The van der Waals surface area contributed by atoms with Crippen LogP contribution in [0.5, 0.6) is 0 Å². The van der Waals surface area contributed by atoms with Crippen LogP contribution in [0.15, 0.2) is 18.2 Å². The zero-order chi connectivity index (χ0) is 10.6. The Morgan fingerprint density at radius 2 is 2.21 bits per heavy atom. The van der Waals surface area contributed by atoms with Gasteiger partial charge in [-0.2, -0.15) is 5.26 Å². The summed E-state index contributed by atoms with van der Waals surface area (Å²) in [5.41, 5.74) is 0.0778. The van der Waals surface area contributed by atoms with Crippen molar-refractivity contribution in [2.24, 2.45) is 0 Å². The van der Waals surface area contributed by atoms with Crippen molar-refractivity contribution >= 4 is 0 Å². The van der Waals surface area contributed by atoms with Crippen LogP contribution in [0.3, 0.4) is 0 Å². The molecule has 4 heteroatoms. The van der Waals surface area contributed by atoms with Gasteiger partial charge in [0.05, 0.1) is 0 Å². The van der Waals surface area contributed by atoms with E-state index in [0.29, 0.717) is 6.42 Å². The summed E-state index contributed by atoms with van der Waals surface area (Å²) in [6.07, 6.45) is 1.17. The van der Waals surface area contributed by atoms with Gasteiger partial charge in [0.25, 0.3) is 6.26 Å². The Hall–Kier alpha value is -1.63. The maximum atomic E-state index is 13.2. The van der Waals surface area contributed by atoms with Crippen molar-refractivity contribution in [2.45, 2.75) is 19.4 Å². The molecule has 0 aliphatic heterocycles. The van der Waals surface area contributed by atoms with Crippen LogP contribution in [-0.4, -0.2) is 0 Å². The van der Waals surface area contributed by atoms with Crippen molar-refractivity contribution in [3.8, 4) is 6.26 Å². The van der Waals surface area contributed by atoms with Gasteiger partial charge in [0.15, 0.2) is 0 Å². The van der Waals surface area contributed by atoms with Gasteiger partial charge in [0.1, 0.15) is 17.7 Å². The van der Waals surface area contributed by atoms with Gasteiger partial charge in [-0.25, -0.2) is 8.78 Å². The molecule has 0 radical (unpaired) electrons. The van der Waals surface area contributed by atoms with Crippen molar-refractivity contribution in [3.05, 3.63) is 35.4 Å². The highest BCUT2D eigenvalue weighted by atomic mass is 19.1. The molecule has 0 saturated carbocycles. The third-order valence-electron chi connectivity index (χ3n) is 1.87. The molecule has 0 fully saturated rings. The molecule has 0 aliphatic carbocycles. The topological polar surface area (TPSA) is 33.0 Å². The lowest BCUT2D eigenvalue weighted by Gasteiger charge is -2.12. The van der Waals surface area contributed by atoms with Crippen LogP contribution in [-0.2, 0) is 4.74 Å². The fourth-order valence-electron chi connectivity index (χ4n) is 1.19. The minimum Gasteiger partial charge on any atom is -0.419 e. The molecular formula is C10H9F2NO. The van der Waals surface area contributed by atoms with Gasteiger partial charge in [-0.15, -0.1) is 0 Å². The lowest BCUT2D eigenvalue weighted by molar-refractivity contribution is 0.155. The molecule has 1 aromatic carbocycles. The zero-order valence-corrected chi connectivity index (χ0v) is 7.63. The monoisotopic (exact) mass is 197 g/mol. The molecule has 1 atom stereocenters. The number of nitrogens with zero attached hydrogens (tertiary/aromatic N) is 1. The second kappa shape index (κ2) is 4.56. The predicted octanol–water partition coefficient (Wildman–Crippen LogP) is 2.91. The largest absolute Gasteiger partial charge is 0.419 e. The third-order valence-corrected chi connectivity index (χ3v) is 1.87. The fraction of sp³-hybridized carbons (Fsp3) is 0.300. The van der Waals surface area contributed by atoms with Crippen LogP contribution in [0.1, 0.15) is 25.0 Å². The molecule has 0 unspecified atom stereocenters. The first-order valence-electron chi connectivity index (χ1n) is 4.18. The van der Waals surface area contributed by atoms with Gasteiger partial charge in [0.2, 0.25) is 0 Å². The molecule has 0 saturated heterocycles. The maximum absolute atomic E-state index is 13.2. The van der Waals surface area contributed by atoms with Crippen LogP contribution in [0.4, 0.5) is 8.78 Å². The minimum atomic E-state index is -0.712. The Morgan fingerprint density at radius 3 is 2.79 bits per heavy atom. The Labute approximate surface area is 80.7 Å². The first-order valence-corrected chi connectivity index (χ1v) is 4.18. The Kier molecular flexibility index (Phi) is 3.41. The van der Waals surface area contributed by atoms with Crippen LogP contribution < -0.4 is 0 Å². The van der Waals surface area contributed by atoms with Crippen molar-refractivity contribution < 1.29 is 13.5 Å². The molecule has 1 rings (SSSR count). The summed E-state index contributed by atoms with van der Waals surface area (Å²) in [6.45, 7) is 1.73. The molecule has 0 aliphatic rings. The van der Waals surface area contributed by atoms with Gasteiger partial charge in [0, 0.05) is 5.56 Å². The van der Waals surface area contributed by atoms with E-state index in [-0.39, 0.29) is 5.56 Å². The van der Waals surface area contributed by atoms with Crippen LogP contribution in [0, 0.1) is 23.2 Å². The lowest BCUT2D eigenvalue weighted by atomic mass is 10.1. The average Bonchev–Trinajstić information content (AvgIpc) is 2.18. The standard InChI is InChI=1S/C10H9F2NO/c1-2-10(14-6-13)8-5-7(11)3-4-9(8)12/h3-5,10H,2H2,1H3/t10-/m1/s1. The van der Waals surface area contributed by atoms with Crippen LogP contribution in [0.25, 0.3) is 0 Å². The Bertz CT molecular complexity index is 360. The van der Waals surface area contributed by atoms with Gasteiger partial charge in [-0.1, -0.05) is 6.92 Å². The van der Waals surface area contributed by atoms with Gasteiger partial charge in [-0.05, 0) is 24.6 Å². The number of halogens is 2. The molecule has 2 nitrogen and oxygen atoms in total. The SMILES string of the molecule is CC[C@@H](OC#N)c1cc(F)ccc1F. The number of hydrogen-bond donors (Lipinski definition) is 0. The van der Waals surface area contributed by atoms with Crippen molar-refractivity contribution in [1.82, 2.24) is 0 Å². The molecule has 0 N–H and O–H groups in total. The van der Waals surface area contributed by atoms with E-state index < -0.39 is 17.7 Å². The van der Waals surface area contributed by atoms with E-state index in [1.54, 1.807) is 6.92 Å². The van der Waals surface area contributed by atoms with Crippen LogP contribution in [0.2, 0.25) is 0 Å². The molecule has 0 spiro atoms. The molecule has 0 bridgehead atoms. The highest BCUT2D eigenvalue weighted by molar-refractivity contribution is 5.21. The number of rotatable bonds is 3. The van der Waals surface area contributed by atoms with E-state index in [1.807, 2.05) is 0 Å². The summed E-state index contributed by atoms with van der Waals surface area (Å²) in [5.74, 6) is -1.10. The number of hydrogen-bond acceptors (Lipinski definition) is 2. The minimum absolute atomic E-state index is 0.0778. The van der Waals surface area contributed by atoms with E-state index >= 15 is 0 Å². The first kappa shape index (κ1) is 10.5. The molecule has 0 amide bonds. The maximum Gasteiger partial charge on any atom is 0.286 e. The van der Waals surface area contributed by atoms with Gasteiger partial charge in [-0.3, -0.25) is 0 Å². The quantitative estimate of drug-likeness (QED) is 0.698. The van der Waals surface area contributed by atoms with Crippen molar-refractivity contribution in [1.29, 1.82) is 5.26 Å². The second-order valence-electron chi connectivity index (χ2n) is 2.77. The number of nitriles is 1. The number of ether oxygens (including phenoxy) is 1. The van der Waals surface area contributed by atoms with Crippen molar-refractivity contribution in [3.63, 3.8) is 0 Å². The lowest BCUT2D eigenvalue weighted by Crippen LogP contribution is -2.02. The van der Waals surface area contributed by atoms with Gasteiger partial charge < -0.3 is 4.74 Å². The first-order chi connectivity index (χ1) is 6.69. The summed E-state index contributed by atoms with van der Waals surface area (Å²) in [7, 11) is 0. The summed E-state index contributed by atoms with van der Waals surface area (Å²) in [5, 5.41) is 8.30. The second-order valence-corrected chi connectivity index (χ2v) is 2.77. The molecule has 0 aromatic heterocycles. The third kappa shape index (κ3) is 2.19. The van der Waals surface area contributed by atoms with E-state index in [4.69, 9.17) is 5.26 Å². The molecule has 14 heavy (non-hydrogen) atoms. The Morgan fingerprint density at radius 1 is 1.50 bits per heavy atom. The van der Waals surface area contributed by atoms with Crippen LogP contribution >= 0.6 is 0 Å². The summed E-state index contributed by atoms with van der Waals surface area (Å²) in [4.78, 5) is 0. The van der Waals surface area contributed by atoms with E-state index in [1.165, 1.54) is 6.26 Å². The summed E-state index contributed by atoms with van der Waals surface area (Å²) >= 11 is 0. The highest BCUT2D eigenvalue weighted by Crippen LogP contribution is 2.24. The Balaban J connectivity index is 3.03. The fourth-order valence-corrected chi connectivity index (χ4v) is 1.19. The zero-order valence-electron chi connectivity index (χ0n) is 7.63. The van der Waals surface area contributed by atoms with E-state index in [9.17, 15) is 8.78 Å². The molecule has 74 valence electrons. The summed E-state index contributed by atoms with van der Waals surface area (Å²) in [6, 6.07) is 3.09. The predicted molar refractivity (Wildman–Crippen MR) is 46.1 cm³/mol. The van der Waals surface area contributed by atoms with Gasteiger partial charge >= 0.3 is 0 Å². The van der Waals surface area contributed by atoms with Crippen molar-refractivity contribution in [2.75, 3.05) is 0 Å². The number of benzene rings is 1. The molecular weight excluding hydrogens is 188 g/mol. The van der Waals surface area contributed by atoms with E-state index in [0.717, 1.165) is 18.2 Å². The smallest absolute Gasteiger partial charge is 0.286 e. The molecule has 0 heterocycles. The normalized spacial score (nSPS) is 11.9. The highest BCUT2D eigenvalue weighted by Gasteiger charge is 2.15. The molecule has 1 aromatic rings. The van der Waals surface area contributed by atoms with E-state index in [2.05, 4.69) is 4.74 Å². The average molecular weight is 197 g/mol. The summed E-state index contributed by atoms with van der Waals surface area (Å²) < 4.78 is 30.6.